The third-order valence-corrected chi connectivity index (χ3v) is 5.64. The van der Waals surface area contributed by atoms with Gasteiger partial charge in [-0.05, 0) is 13.0 Å². The number of imidazole rings is 1. The maximum absolute atomic E-state index is 14.9. The number of hydrogen-bond donors (Lipinski definition) is 1. The van der Waals surface area contributed by atoms with Crippen molar-refractivity contribution in [3.8, 4) is 17.0 Å². The van der Waals surface area contributed by atoms with Crippen LogP contribution < -0.4 is 4.74 Å². The average Bonchev–Trinajstić information content (AvgIpc) is 3.06. The van der Waals surface area contributed by atoms with E-state index in [2.05, 4.69) is 19.7 Å². The van der Waals surface area contributed by atoms with E-state index in [-0.39, 0.29) is 36.6 Å². The Morgan fingerprint density at radius 2 is 2.00 bits per heavy atom. The number of aromatic nitrogens is 4. The molecule has 0 atom stereocenters. The smallest absolute Gasteiger partial charge is 0.387 e. The monoisotopic (exact) mass is 456 g/mol. The van der Waals surface area contributed by atoms with Crippen molar-refractivity contribution in [2.75, 3.05) is 13.2 Å². The quantitative estimate of drug-likeness (QED) is 0.477. The van der Waals surface area contributed by atoms with Crippen LogP contribution in [0, 0.1) is 12.7 Å². The molecule has 1 N–H and O–H groups in total. The number of para-hydroxylation sites is 1. The summed E-state index contributed by atoms with van der Waals surface area (Å²) in [4.78, 5) is 12.9. The number of pyridine rings is 1. The first-order valence-corrected chi connectivity index (χ1v) is 10.2. The zero-order valence-corrected chi connectivity index (χ0v) is 17.5. The Hall–Kier alpha value is -3.50. The number of nitrogens with zero attached hydrogens (tertiary/aromatic N) is 4. The van der Waals surface area contributed by atoms with Gasteiger partial charge in [-0.2, -0.15) is 8.78 Å². The number of aryl methyl sites for hydroxylation is 1. The molecule has 170 valence electrons. The second kappa shape index (κ2) is 8.13. The van der Waals surface area contributed by atoms with Crippen molar-refractivity contribution in [3.63, 3.8) is 0 Å². The number of aliphatic hydroxyl groups is 1. The lowest BCUT2D eigenvalue weighted by molar-refractivity contribution is -0.187. The fourth-order valence-electron chi connectivity index (χ4n) is 3.82. The summed E-state index contributed by atoms with van der Waals surface area (Å²) < 4.78 is 51.9. The molecule has 1 saturated heterocycles. The van der Waals surface area contributed by atoms with Gasteiger partial charge in [-0.25, -0.2) is 9.37 Å². The van der Waals surface area contributed by atoms with E-state index in [4.69, 9.17) is 4.74 Å². The number of alkyl halides is 2. The van der Waals surface area contributed by atoms with Crippen LogP contribution in [-0.4, -0.2) is 44.3 Å². The maximum atomic E-state index is 14.9. The molecular formula is C23H19F3N4O3. The van der Waals surface area contributed by atoms with E-state index in [1.54, 1.807) is 35.7 Å². The normalized spacial score (nSPS) is 15.1. The molecule has 3 aromatic heterocycles. The molecule has 7 nitrogen and oxygen atoms in total. The zero-order chi connectivity index (χ0) is 23.2. The van der Waals surface area contributed by atoms with Gasteiger partial charge in [0.1, 0.15) is 17.2 Å². The third-order valence-electron chi connectivity index (χ3n) is 5.64. The van der Waals surface area contributed by atoms with E-state index in [1.807, 2.05) is 0 Å². The molecule has 1 aliphatic rings. The molecule has 0 saturated carbocycles. The minimum absolute atomic E-state index is 0.0727. The summed E-state index contributed by atoms with van der Waals surface area (Å²) in [5, 5.41) is 10.3. The second-order valence-corrected chi connectivity index (χ2v) is 7.88. The van der Waals surface area contributed by atoms with Crippen molar-refractivity contribution in [1.29, 1.82) is 0 Å². The van der Waals surface area contributed by atoms with Gasteiger partial charge >= 0.3 is 6.61 Å². The summed E-state index contributed by atoms with van der Waals surface area (Å²) >= 11 is 0. The van der Waals surface area contributed by atoms with E-state index in [1.165, 1.54) is 24.5 Å². The number of halogens is 3. The van der Waals surface area contributed by atoms with E-state index in [0.717, 1.165) is 0 Å². The van der Waals surface area contributed by atoms with Crippen LogP contribution in [0.3, 0.4) is 0 Å². The fourth-order valence-corrected chi connectivity index (χ4v) is 3.82. The molecule has 5 rings (SSSR count). The Labute approximate surface area is 186 Å². The van der Waals surface area contributed by atoms with E-state index >= 15 is 0 Å². The summed E-state index contributed by atoms with van der Waals surface area (Å²) in [6.07, 6.45) is 4.60. The van der Waals surface area contributed by atoms with Crippen LogP contribution in [0.1, 0.15) is 22.6 Å². The van der Waals surface area contributed by atoms with Crippen LogP contribution in [0.5, 0.6) is 5.75 Å². The molecular weight excluding hydrogens is 437 g/mol. The Kier molecular flexibility index (Phi) is 5.26. The maximum Gasteiger partial charge on any atom is 0.387 e. The highest BCUT2D eigenvalue weighted by molar-refractivity contribution is 5.62. The molecule has 1 fully saturated rings. The number of hydrogen-bond acceptors (Lipinski definition) is 6. The molecule has 0 amide bonds. The molecule has 4 aromatic rings. The van der Waals surface area contributed by atoms with Gasteiger partial charge < -0.3 is 19.0 Å². The first-order valence-electron chi connectivity index (χ1n) is 10.2. The number of rotatable bonds is 6. The average molecular weight is 456 g/mol. The largest absolute Gasteiger partial charge is 0.435 e. The van der Waals surface area contributed by atoms with Gasteiger partial charge in [0.2, 0.25) is 0 Å². The summed E-state index contributed by atoms with van der Waals surface area (Å²) in [5.41, 5.74) is 1.91. The lowest BCUT2D eigenvalue weighted by Crippen LogP contribution is -2.47. The molecule has 10 heteroatoms. The van der Waals surface area contributed by atoms with Gasteiger partial charge in [0, 0.05) is 29.9 Å². The standard InChI is InChI=1S/C23H19F3N4O3/c1-13-18(6-14-4-2-3-5-19(14)33-22(25)26)30-10-15(16(24)7-21(30)29-13)17-8-28-20(9-27-17)23(31)11-32-12-23/h2-5,7-10,22,31H,6,11-12H2,1H3. The minimum Gasteiger partial charge on any atom is -0.435 e. The van der Waals surface area contributed by atoms with Crippen LogP contribution in [0.2, 0.25) is 0 Å². The van der Waals surface area contributed by atoms with Gasteiger partial charge in [-0.1, -0.05) is 18.2 Å². The van der Waals surface area contributed by atoms with E-state index < -0.39 is 18.0 Å². The van der Waals surface area contributed by atoms with Gasteiger partial charge in [-0.15, -0.1) is 0 Å². The van der Waals surface area contributed by atoms with Crippen LogP contribution in [-0.2, 0) is 16.8 Å². The molecule has 0 spiro atoms. The predicted molar refractivity (Wildman–Crippen MR) is 112 cm³/mol. The van der Waals surface area contributed by atoms with E-state index in [0.29, 0.717) is 28.3 Å². The third kappa shape index (κ3) is 3.91. The molecule has 0 aliphatic carbocycles. The molecule has 1 aromatic carbocycles. The fraction of sp³-hybridized carbons (Fsp3) is 0.261. The van der Waals surface area contributed by atoms with Gasteiger partial charge in [0.05, 0.1) is 48.3 Å². The number of ether oxygens (including phenoxy) is 2. The molecule has 4 heterocycles. The summed E-state index contributed by atoms with van der Waals surface area (Å²) in [5.74, 6) is -0.461. The molecule has 0 bridgehead atoms. The molecule has 33 heavy (non-hydrogen) atoms. The lowest BCUT2D eigenvalue weighted by Gasteiger charge is -2.35. The summed E-state index contributed by atoms with van der Waals surface area (Å²) in [6.45, 7) is -0.904. The first kappa shape index (κ1) is 21.4. The summed E-state index contributed by atoms with van der Waals surface area (Å²) in [6, 6.07) is 7.81. The van der Waals surface area contributed by atoms with E-state index in [9.17, 15) is 18.3 Å². The highest BCUT2D eigenvalue weighted by atomic mass is 19.3. The summed E-state index contributed by atoms with van der Waals surface area (Å²) in [7, 11) is 0. The van der Waals surface area contributed by atoms with Crippen molar-refractivity contribution < 1.29 is 27.8 Å². The Morgan fingerprint density at radius 1 is 1.21 bits per heavy atom. The van der Waals surface area contributed by atoms with Crippen LogP contribution in [0.15, 0.2) is 48.9 Å². The van der Waals surface area contributed by atoms with Gasteiger partial charge in [0.25, 0.3) is 0 Å². The highest BCUT2D eigenvalue weighted by Gasteiger charge is 2.39. The van der Waals surface area contributed by atoms with Gasteiger partial charge in [-0.3, -0.25) is 9.97 Å². The van der Waals surface area contributed by atoms with Crippen LogP contribution in [0.4, 0.5) is 13.2 Å². The molecule has 0 radical (unpaired) electrons. The van der Waals surface area contributed by atoms with Crippen molar-refractivity contribution in [2.45, 2.75) is 25.6 Å². The van der Waals surface area contributed by atoms with Gasteiger partial charge in [0.15, 0.2) is 5.60 Å². The van der Waals surface area contributed by atoms with Crippen molar-refractivity contribution in [1.82, 2.24) is 19.4 Å². The first-order chi connectivity index (χ1) is 15.8. The molecule has 0 unspecified atom stereocenters. The highest BCUT2D eigenvalue weighted by Crippen LogP contribution is 2.30. The Balaban J connectivity index is 1.53. The van der Waals surface area contributed by atoms with Crippen LogP contribution >= 0.6 is 0 Å². The Morgan fingerprint density at radius 3 is 2.67 bits per heavy atom. The molecule has 1 aliphatic heterocycles. The predicted octanol–water partition coefficient (Wildman–Crippen LogP) is 3.65. The lowest BCUT2D eigenvalue weighted by atomic mass is 9.98. The second-order valence-electron chi connectivity index (χ2n) is 7.88. The Bertz CT molecular complexity index is 1320. The topological polar surface area (TPSA) is 81.8 Å². The number of benzene rings is 1. The van der Waals surface area contributed by atoms with Crippen molar-refractivity contribution in [2.24, 2.45) is 0 Å². The zero-order valence-electron chi connectivity index (χ0n) is 17.5. The van der Waals surface area contributed by atoms with Crippen LogP contribution in [0.25, 0.3) is 16.9 Å². The van der Waals surface area contributed by atoms with Crippen molar-refractivity contribution in [3.05, 3.63) is 77.4 Å². The SMILES string of the molecule is Cc1nc2cc(F)c(-c3cnc(C4(O)COC4)cn3)cn2c1Cc1ccccc1OC(F)F. The van der Waals surface area contributed by atoms with Crippen molar-refractivity contribution >= 4 is 5.65 Å². The number of fused-ring (bicyclic) bond motifs is 1. The minimum atomic E-state index is -2.94.